The molecule has 0 aliphatic rings. The largest absolute Gasteiger partial charge is 0.448 e. The number of nitrogens with one attached hydrogen (secondary N) is 2. The van der Waals surface area contributed by atoms with E-state index in [9.17, 15) is 9.59 Å². The lowest BCUT2D eigenvalue weighted by Crippen LogP contribution is -2.31. The van der Waals surface area contributed by atoms with E-state index < -0.39 is 18.5 Å². The van der Waals surface area contributed by atoms with Gasteiger partial charge in [0.05, 0.1) is 5.69 Å². The van der Waals surface area contributed by atoms with Gasteiger partial charge in [-0.3, -0.25) is 4.79 Å². The van der Waals surface area contributed by atoms with E-state index in [1.807, 2.05) is 30.3 Å². The molecule has 0 spiro atoms. The van der Waals surface area contributed by atoms with E-state index in [4.69, 9.17) is 45.3 Å². The van der Waals surface area contributed by atoms with E-state index in [2.05, 4.69) is 10.3 Å². The zero-order valence-electron chi connectivity index (χ0n) is 12.9. The predicted molar refractivity (Wildman–Crippen MR) is 95.9 cm³/mol. The van der Waals surface area contributed by atoms with E-state index in [1.165, 1.54) is 0 Å². The number of nitrogens with two attached hydrogens (primary N) is 1. The van der Waals surface area contributed by atoms with E-state index in [0.717, 1.165) is 5.56 Å². The third-order valence-electron chi connectivity index (χ3n) is 3.24. The third-order valence-corrected chi connectivity index (χ3v) is 4.40. The molecular formula is C16H15Cl3N3O3+. The second-order valence-electron chi connectivity index (χ2n) is 5.02. The summed E-state index contributed by atoms with van der Waals surface area (Å²) in [6.45, 7) is -0.0368. The molecule has 2 aromatic rings. The molecule has 0 aliphatic carbocycles. The van der Waals surface area contributed by atoms with Gasteiger partial charge in [-0.25, -0.2) is 4.79 Å². The number of carbonyl (C=O) groups is 2. The van der Waals surface area contributed by atoms with Gasteiger partial charge in [-0.2, -0.15) is 4.98 Å². The van der Waals surface area contributed by atoms with Crippen molar-refractivity contribution in [2.24, 2.45) is 0 Å². The smallest absolute Gasteiger partial charge is 0.405 e. The Labute approximate surface area is 159 Å². The van der Waals surface area contributed by atoms with Gasteiger partial charge in [0.25, 0.3) is 11.1 Å². The average molecular weight is 404 g/mol. The van der Waals surface area contributed by atoms with Crippen LogP contribution in [-0.4, -0.2) is 25.0 Å². The number of pyridine rings is 1. The van der Waals surface area contributed by atoms with Gasteiger partial charge in [0, 0.05) is 6.54 Å². The van der Waals surface area contributed by atoms with Gasteiger partial charge >= 0.3 is 11.7 Å². The Kier molecular flexibility index (Phi) is 6.87. The molecule has 0 radical (unpaired) electrons. The van der Waals surface area contributed by atoms with Crippen molar-refractivity contribution < 1.29 is 19.3 Å². The SMILES string of the molecule is Nc1c(Cl)c(Cl)[nH+]c(C(=O)OCC(=O)NCCc2ccccc2)c1Cl. The highest BCUT2D eigenvalue weighted by atomic mass is 35.5. The first-order valence-corrected chi connectivity index (χ1v) is 8.36. The van der Waals surface area contributed by atoms with Gasteiger partial charge in [-0.1, -0.05) is 53.5 Å². The number of hydrogen-bond acceptors (Lipinski definition) is 4. The summed E-state index contributed by atoms with van der Waals surface area (Å²) in [5.74, 6) is -1.30. The number of nitrogen functional groups attached to an aromatic ring is 1. The highest BCUT2D eigenvalue weighted by Crippen LogP contribution is 2.32. The first-order valence-electron chi connectivity index (χ1n) is 7.23. The highest BCUT2D eigenvalue weighted by Gasteiger charge is 2.27. The molecule has 0 saturated heterocycles. The van der Waals surface area contributed by atoms with Crippen LogP contribution in [0.3, 0.4) is 0 Å². The van der Waals surface area contributed by atoms with Crippen LogP contribution in [0.4, 0.5) is 5.69 Å². The van der Waals surface area contributed by atoms with Crippen LogP contribution >= 0.6 is 34.8 Å². The molecule has 0 saturated carbocycles. The van der Waals surface area contributed by atoms with Gasteiger partial charge in [-0.15, -0.1) is 0 Å². The number of halogens is 3. The van der Waals surface area contributed by atoms with Crippen molar-refractivity contribution in [3.63, 3.8) is 0 Å². The van der Waals surface area contributed by atoms with Gasteiger partial charge in [0.1, 0.15) is 10.0 Å². The number of rotatable bonds is 6. The predicted octanol–water partition coefficient (Wildman–Crippen LogP) is 2.56. The fourth-order valence-corrected chi connectivity index (χ4v) is 2.56. The molecule has 0 fully saturated rings. The molecule has 0 bridgehead atoms. The number of amides is 1. The van der Waals surface area contributed by atoms with Crippen molar-refractivity contribution in [2.45, 2.75) is 6.42 Å². The topological polar surface area (TPSA) is 95.6 Å². The average Bonchev–Trinajstić information content (AvgIpc) is 2.62. The van der Waals surface area contributed by atoms with Gasteiger partial charge in [0.15, 0.2) is 6.61 Å². The fraction of sp³-hybridized carbons (Fsp3) is 0.188. The van der Waals surface area contributed by atoms with Gasteiger partial charge in [0.2, 0.25) is 0 Å². The fourth-order valence-electron chi connectivity index (χ4n) is 1.95. The number of carbonyl (C=O) groups excluding carboxylic acids is 2. The molecule has 25 heavy (non-hydrogen) atoms. The zero-order valence-corrected chi connectivity index (χ0v) is 15.2. The van der Waals surface area contributed by atoms with Crippen LogP contribution < -0.4 is 16.0 Å². The minimum absolute atomic E-state index is 0.00173. The molecule has 1 aromatic carbocycles. The first-order chi connectivity index (χ1) is 11.9. The van der Waals surface area contributed by atoms with Crippen LogP contribution in [0.1, 0.15) is 16.1 Å². The molecule has 1 amide bonds. The van der Waals surface area contributed by atoms with Gasteiger partial charge in [-0.05, 0) is 23.6 Å². The molecule has 6 nitrogen and oxygen atoms in total. The van der Waals surface area contributed by atoms with Crippen molar-refractivity contribution >= 4 is 52.4 Å². The molecule has 0 atom stereocenters. The minimum Gasteiger partial charge on any atom is -0.448 e. The number of aromatic amines is 1. The monoisotopic (exact) mass is 402 g/mol. The molecule has 9 heteroatoms. The molecule has 0 unspecified atom stereocenters. The number of hydrogen-bond donors (Lipinski definition) is 2. The summed E-state index contributed by atoms with van der Waals surface area (Å²) in [6.07, 6.45) is 0.670. The van der Waals surface area contributed by atoms with E-state index in [0.29, 0.717) is 13.0 Å². The number of H-pyrrole nitrogens is 1. The Morgan fingerprint density at radius 2 is 1.80 bits per heavy atom. The summed E-state index contributed by atoms with van der Waals surface area (Å²) in [6, 6.07) is 9.67. The maximum atomic E-state index is 12.0. The Morgan fingerprint density at radius 1 is 1.12 bits per heavy atom. The third kappa shape index (κ3) is 5.22. The van der Waals surface area contributed by atoms with Crippen molar-refractivity contribution in [2.75, 3.05) is 18.9 Å². The minimum atomic E-state index is -0.867. The first kappa shape index (κ1) is 19.3. The molecule has 1 aromatic heterocycles. The number of anilines is 1. The molecule has 0 aliphatic heterocycles. The van der Waals surface area contributed by atoms with Gasteiger partial charge < -0.3 is 15.8 Å². The summed E-state index contributed by atoms with van der Waals surface area (Å²) >= 11 is 17.5. The maximum absolute atomic E-state index is 12.0. The lowest BCUT2D eigenvalue weighted by Gasteiger charge is -2.07. The number of benzene rings is 1. The lowest BCUT2D eigenvalue weighted by molar-refractivity contribution is -0.380. The Hall–Kier alpha value is -2.02. The van der Waals surface area contributed by atoms with Crippen LogP contribution in [0, 0.1) is 0 Å². The standard InChI is InChI=1S/C16H14Cl3N3O3/c17-11-13(20)12(18)15(19)22-14(11)16(24)25-8-10(23)21-7-6-9-4-2-1-3-5-9/h1-5H,6-8H2,(H2,20,22)(H,21,23)/p+1. The second kappa shape index (κ2) is 8.89. The second-order valence-corrected chi connectivity index (χ2v) is 6.15. The number of esters is 1. The van der Waals surface area contributed by atoms with Crippen molar-refractivity contribution in [1.29, 1.82) is 0 Å². The molecule has 1 heterocycles. The van der Waals surface area contributed by atoms with E-state index in [-0.39, 0.29) is 26.6 Å². The summed E-state index contributed by atoms with van der Waals surface area (Å²) in [5, 5.41) is 2.48. The molecule has 132 valence electrons. The summed E-state index contributed by atoms with van der Waals surface area (Å²) in [7, 11) is 0. The van der Waals surface area contributed by atoms with Crippen LogP contribution in [-0.2, 0) is 16.0 Å². The van der Waals surface area contributed by atoms with Crippen LogP contribution in [0.15, 0.2) is 30.3 Å². The normalized spacial score (nSPS) is 10.4. The Balaban J connectivity index is 1.84. The maximum Gasteiger partial charge on any atom is 0.405 e. The lowest BCUT2D eigenvalue weighted by atomic mass is 10.1. The Bertz CT molecular complexity index is 785. The highest BCUT2D eigenvalue weighted by molar-refractivity contribution is 6.45. The quantitative estimate of drug-likeness (QED) is 0.572. The summed E-state index contributed by atoms with van der Waals surface area (Å²) in [4.78, 5) is 26.2. The molecule has 2 rings (SSSR count). The molecule has 4 N–H and O–H groups in total. The van der Waals surface area contributed by atoms with Crippen LogP contribution in [0.25, 0.3) is 0 Å². The number of ether oxygens (including phenoxy) is 1. The van der Waals surface area contributed by atoms with Crippen LogP contribution in [0.2, 0.25) is 15.2 Å². The van der Waals surface area contributed by atoms with Crippen molar-refractivity contribution in [3.05, 3.63) is 56.8 Å². The molecular weight excluding hydrogens is 389 g/mol. The summed E-state index contributed by atoms with van der Waals surface area (Å²) in [5.41, 5.74) is 6.51. The van der Waals surface area contributed by atoms with E-state index >= 15 is 0 Å². The number of aromatic nitrogens is 1. The van der Waals surface area contributed by atoms with Crippen molar-refractivity contribution in [1.82, 2.24) is 5.32 Å². The summed E-state index contributed by atoms with van der Waals surface area (Å²) < 4.78 is 4.90. The van der Waals surface area contributed by atoms with E-state index in [1.54, 1.807) is 0 Å². The Morgan fingerprint density at radius 3 is 2.48 bits per heavy atom. The van der Waals surface area contributed by atoms with Crippen LogP contribution in [0.5, 0.6) is 0 Å². The zero-order chi connectivity index (χ0) is 18.4. The van der Waals surface area contributed by atoms with Crippen molar-refractivity contribution in [3.8, 4) is 0 Å².